The molecule has 0 saturated carbocycles. The van der Waals surface area contributed by atoms with Crippen LogP contribution < -0.4 is 10.6 Å². The number of ether oxygens (including phenoxy) is 4. The van der Waals surface area contributed by atoms with Crippen LogP contribution in [-0.4, -0.2) is 156 Å². The normalized spacial score (nSPS) is 28.5. The summed E-state index contributed by atoms with van der Waals surface area (Å²) in [7, 11) is -4.55. The fourth-order valence-corrected chi connectivity index (χ4v) is 6.67. The lowest BCUT2D eigenvalue weighted by Gasteiger charge is -2.36. The Morgan fingerprint density at radius 2 is 1.86 bits per heavy atom. The quantitative estimate of drug-likeness (QED) is 0.0149. The molecule has 0 spiro atoms. The van der Waals surface area contributed by atoms with E-state index < -0.39 is 77.0 Å². The molecule has 19 nitrogen and oxygen atoms in total. The summed E-state index contributed by atoms with van der Waals surface area (Å²) in [6.45, 7) is 0.664. The number of carboxylic acids is 1. The number of rotatable bonds is 23. The van der Waals surface area contributed by atoms with Crippen molar-refractivity contribution in [1.82, 2.24) is 15.5 Å². The zero-order valence-electron chi connectivity index (χ0n) is 27.8. The van der Waals surface area contributed by atoms with Crippen molar-refractivity contribution in [3.05, 3.63) is 12.2 Å². The molecule has 0 bridgehead atoms. The van der Waals surface area contributed by atoms with Crippen LogP contribution in [0.25, 0.3) is 0 Å². The van der Waals surface area contributed by atoms with Gasteiger partial charge in [-0.15, -0.1) is 0 Å². The highest BCUT2D eigenvalue weighted by Crippen LogP contribution is 2.28. The number of nitrogens with one attached hydrogen (secondary N) is 2. The summed E-state index contributed by atoms with van der Waals surface area (Å²) < 4.78 is 55.1. The lowest BCUT2D eigenvalue weighted by atomic mass is 9.91. The summed E-state index contributed by atoms with van der Waals surface area (Å²) in [5.74, 6) is -3.09. The molecule has 2 saturated heterocycles. The number of nitrogens with zero attached hydrogens (tertiary/aromatic N) is 1. The predicted molar refractivity (Wildman–Crippen MR) is 171 cm³/mol. The van der Waals surface area contributed by atoms with Gasteiger partial charge in [0.15, 0.2) is 12.4 Å². The van der Waals surface area contributed by atoms with Gasteiger partial charge in [0.05, 0.1) is 56.5 Å². The van der Waals surface area contributed by atoms with Gasteiger partial charge in [-0.1, -0.05) is 18.6 Å². The molecule has 8 N–H and O–H groups in total. The molecule has 3 rings (SSSR count). The molecule has 0 aromatic carbocycles. The minimum Gasteiger partial charge on any atom is -0.479 e. The van der Waals surface area contributed by atoms with E-state index in [9.17, 15) is 47.8 Å². The van der Waals surface area contributed by atoms with E-state index in [1.165, 1.54) is 4.90 Å². The molecule has 9 atom stereocenters. The third-order valence-electron chi connectivity index (χ3n) is 8.53. The van der Waals surface area contributed by atoms with E-state index in [-0.39, 0.29) is 64.1 Å². The highest BCUT2D eigenvalue weighted by Gasteiger charge is 2.36. The number of aliphatic hydroxyl groups is 3. The molecule has 1 unspecified atom stereocenters. The summed E-state index contributed by atoms with van der Waals surface area (Å²) in [5.41, 5.74) is 0. The lowest BCUT2D eigenvalue weighted by molar-refractivity contribution is -0.258. The van der Waals surface area contributed by atoms with Gasteiger partial charge in [0.25, 0.3) is 10.1 Å². The van der Waals surface area contributed by atoms with Crippen LogP contribution in [0.3, 0.4) is 0 Å². The van der Waals surface area contributed by atoms with Crippen LogP contribution in [0.15, 0.2) is 12.2 Å². The Balaban J connectivity index is 1.34. The van der Waals surface area contributed by atoms with Crippen molar-refractivity contribution in [2.45, 2.75) is 107 Å². The monoisotopic (exact) mass is 741 g/mol. The van der Waals surface area contributed by atoms with Crippen molar-refractivity contribution in [1.29, 1.82) is 0 Å². The van der Waals surface area contributed by atoms with Crippen LogP contribution in [0, 0.1) is 5.92 Å². The SMILES string of the molecule is O=C(CCCCCN1C(=O)CC[C@@H]1O)N[C@@H](CS(=O)(=O)O)[C@H](O)NCCOCCOC1C[C@@H](O[C@H]2C[C@@H](O)C[C@@H](C(=O)O)O2)C=C[C@H]1COO. The Labute approximate surface area is 290 Å². The average molecular weight is 742 g/mol. The number of aliphatic carboxylic acids is 1. The first-order valence-electron chi connectivity index (χ1n) is 16.7. The molecule has 2 aliphatic heterocycles. The Kier molecular flexibility index (Phi) is 17.9. The second-order valence-electron chi connectivity index (χ2n) is 12.5. The Bertz CT molecular complexity index is 1210. The Morgan fingerprint density at radius 1 is 1.08 bits per heavy atom. The molecular weight excluding hydrogens is 690 g/mol. The van der Waals surface area contributed by atoms with E-state index in [0.717, 1.165) is 0 Å². The summed E-state index contributed by atoms with van der Waals surface area (Å²) in [4.78, 5) is 41.2. The van der Waals surface area contributed by atoms with Crippen molar-refractivity contribution < 1.29 is 76.9 Å². The van der Waals surface area contributed by atoms with E-state index in [4.69, 9.17) is 24.2 Å². The first kappa shape index (κ1) is 42.1. The fraction of sp³-hybridized carbons (Fsp3) is 0.833. The van der Waals surface area contributed by atoms with E-state index in [2.05, 4.69) is 15.5 Å². The van der Waals surface area contributed by atoms with Crippen molar-refractivity contribution >= 4 is 27.9 Å². The van der Waals surface area contributed by atoms with Gasteiger partial charge >= 0.3 is 5.97 Å². The Morgan fingerprint density at radius 3 is 2.54 bits per heavy atom. The largest absolute Gasteiger partial charge is 0.479 e. The number of carbonyl (C=O) groups excluding carboxylic acids is 2. The number of hydrogen-bond acceptors (Lipinski definition) is 15. The van der Waals surface area contributed by atoms with E-state index in [1.54, 1.807) is 12.2 Å². The van der Waals surface area contributed by atoms with E-state index in [1.807, 2.05) is 0 Å². The Hall–Kier alpha value is -2.34. The summed E-state index contributed by atoms with van der Waals surface area (Å²) >= 11 is 0. The number of amides is 2. The highest BCUT2D eigenvalue weighted by atomic mass is 32.2. The fourth-order valence-electron chi connectivity index (χ4n) is 5.95. The van der Waals surface area contributed by atoms with Gasteiger partial charge in [-0.3, -0.25) is 24.7 Å². The van der Waals surface area contributed by atoms with Crippen molar-refractivity contribution in [2.24, 2.45) is 5.92 Å². The molecular formula is C30H51N3O16S. The summed E-state index contributed by atoms with van der Waals surface area (Å²) in [5, 5.41) is 53.6. The van der Waals surface area contributed by atoms with Crippen LogP contribution in [0.2, 0.25) is 0 Å². The average Bonchev–Trinajstić information content (AvgIpc) is 3.36. The molecule has 2 amide bonds. The molecule has 0 aromatic heterocycles. The maximum absolute atomic E-state index is 12.4. The maximum atomic E-state index is 12.4. The topological polar surface area (TPSA) is 280 Å². The highest BCUT2D eigenvalue weighted by molar-refractivity contribution is 7.85. The molecule has 0 radical (unpaired) electrons. The molecule has 50 heavy (non-hydrogen) atoms. The van der Waals surface area contributed by atoms with Crippen LogP contribution in [0.5, 0.6) is 0 Å². The number of hydrogen-bond donors (Lipinski definition) is 8. The van der Waals surface area contributed by atoms with Crippen LogP contribution in [0.4, 0.5) is 0 Å². The zero-order valence-corrected chi connectivity index (χ0v) is 28.6. The van der Waals surface area contributed by atoms with Gasteiger partial charge in [0.2, 0.25) is 11.8 Å². The van der Waals surface area contributed by atoms with Crippen molar-refractivity contribution in [2.75, 3.05) is 45.3 Å². The van der Waals surface area contributed by atoms with Gasteiger partial charge in [-0.2, -0.15) is 8.42 Å². The number of aliphatic hydroxyl groups excluding tert-OH is 3. The number of likely N-dealkylation sites (tertiary alicyclic amines) is 1. The number of carbonyl (C=O) groups is 3. The second-order valence-corrected chi connectivity index (χ2v) is 14.0. The molecule has 2 heterocycles. The first-order chi connectivity index (χ1) is 23.8. The zero-order chi connectivity index (χ0) is 36.7. The molecule has 2 fully saturated rings. The third kappa shape index (κ3) is 15.1. The molecule has 0 aromatic rings. The smallest absolute Gasteiger partial charge is 0.333 e. The molecule has 20 heteroatoms. The maximum Gasteiger partial charge on any atom is 0.333 e. The van der Waals surface area contributed by atoms with Crippen molar-refractivity contribution in [3.63, 3.8) is 0 Å². The second kappa shape index (κ2) is 21.2. The van der Waals surface area contributed by atoms with Crippen LogP contribution in [-0.2, 0) is 48.3 Å². The number of unbranched alkanes of at least 4 members (excludes halogenated alkanes) is 2. The van der Waals surface area contributed by atoms with E-state index >= 15 is 0 Å². The third-order valence-corrected chi connectivity index (χ3v) is 9.31. The van der Waals surface area contributed by atoms with Gasteiger partial charge in [0.1, 0.15) is 12.5 Å². The van der Waals surface area contributed by atoms with E-state index in [0.29, 0.717) is 45.1 Å². The standard InChI is InChI=1S/C30H51N3O16S/c34-20-14-24(30(39)40)49-28(15-20)48-21-6-5-19(17-47-41)23(16-21)46-13-12-45-11-9-31-29(38)22(18-50(42,43)44)32-25(35)4-2-1-3-10-33-26(36)7-8-27(33)37/h5-6,19-24,26,28-29,31,34,36,38,41H,1-4,7-18H2,(H,32,35)(H,39,40)(H,42,43,44)/t19-,20-,21-,22-,23?,24-,26-,28+,29-/m0/s1. The first-order valence-corrected chi connectivity index (χ1v) is 18.4. The minimum absolute atomic E-state index is 0.0198. The van der Waals surface area contributed by atoms with Gasteiger partial charge in [0, 0.05) is 57.5 Å². The number of carboxylic acid groups (broad SMARTS) is 1. The van der Waals surface area contributed by atoms with Crippen molar-refractivity contribution in [3.8, 4) is 0 Å². The molecule has 1 aliphatic carbocycles. The lowest BCUT2D eigenvalue weighted by Crippen LogP contribution is -2.53. The van der Waals surface area contributed by atoms with Crippen LogP contribution in [0.1, 0.15) is 57.8 Å². The predicted octanol–water partition coefficient (Wildman–Crippen LogP) is -1.43. The molecule has 3 aliphatic rings. The van der Waals surface area contributed by atoms with Crippen LogP contribution >= 0.6 is 0 Å². The summed E-state index contributed by atoms with van der Waals surface area (Å²) in [6.07, 6.45) is -0.172. The minimum atomic E-state index is -4.55. The van der Waals surface area contributed by atoms with Gasteiger partial charge < -0.3 is 49.6 Å². The van der Waals surface area contributed by atoms with Gasteiger partial charge in [-0.05, 0) is 12.8 Å². The van der Waals surface area contributed by atoms with Gasteiger partial charge in [-0.25, -0.2) is 9.68 Å². The molecule has 288 valence electrons. The summed E-state index contributed by atoms with van der Waals surface area (Å²) in [6, 6.07) is -1.35.